The molecule has 12 heteroatoms. The van der Waals surface area contributed by atoms with Crippen molar-refractivity contribution in [1.29, 1.82) is 0 Å². The number of hydrogen-bond acceptors (Lipinski definition) is 6. The first-order valence-corrected chi connectivity index (χ1v) is 13.9. The molecule has 0 aliphatic carbocycles. The number of carbonyl (C=O) groups excluding carboxylic acids is 2. The van der Waals surface area contributed by atoms with E-state index in [9.17, 15) is 18.0 Å². The highest BCUT2D eigenvalue weighted by Crippen LogP contribution is 2.36. The van der Waals surface area contributed by atoms with Gasteiger partial charge in [-0.25, -0.2) is 8.42 Å². The van der Waals surface area contributed by atoms with Gasteiger partial charge in [0.2, 0.25) is 28.6 Å². The van der Waals surface area contributed by atoms with Crippen LogP contribution in [0.25, 0.3) is 0 Å². The number of halogens is 2. The number of nitrogens with zero attached hydrogens (tertiary/aromatic N) is 2. The summed E-state index contributed by atoms with van der Waals surface area (Å²) in [5, 5.41) is 3.51. The Morgan fingerprint density at radius 2 is 1.78 bits per heavy atom. The Kier molecular flexibility index (Phi) is 9.32. The molecule has 36 heavy (non-hydrogen) atoms. The molecule has 0 aromatic heterocycles. The first-order valence-electron chi connectivity index (χ1n) is 11.5. The second kappa shape index (κ2) is 12.0. The lowest BCUT2D eigenvalue weighted by molar-refractivity contribution is -0.140. The van der Waals surface area contributed by atoms with Gasteiger partial charge in [-0.1, -0.05) is 36.2 Å². The van der Waals surface area contributed by atoms with Crippen LogP contribution in [0.2, 0.25) is 10.0 Å². The van der Waals surface area contributed by atoms with Crippen molar-refractivity contribution in [1.82, 2.24) is 10.2 Å². The third-order valence-corrected chi connectivity index (χ3v) is 8.04. The van der Waals surface area contributed by atoms with Gasteiger partial charge in [-0.05, 0) is 50.1 Å². The van der Waals surface area contributed by atoms with Crippen LogP contribution in [0, 0.1) is 0 Å². The normalized spacial score (nSPS) is 13.2. The zero-order valence-corrected chi connectivity index (χ0v) is 22.6. The summed E-state index contributed by atoms with van der Waals surface area (Å²) in [6.07, 6.45) is 0.313. The van der Waals surface area contributed by atoms with Gasteiger partial charge < -0.3 is 19.7 Å². The maximum atomic E-state index is 13.7. The van der Waals surface area contributed by atoms with Gasteiger partial charge >= 0.3 is 0 Å². The standard InChI is InChI=1S/C24H29Cl2N3O6S/c1-4-20(24(31)27-5-2)28(13-16-7-8-17(25)11-19(16)26)23(30)14-29(36(32,33)6-3)18-9-10-21-22(12-18)35-15-34-21/h7-12,20H,4-6,13-15H2,1-3H3,(H,27,31)/t20-/m0/s1. The van der Waals surface area contributed by atoms with Crippen molar-refractivity contribution in [3.05, 3.63) is 52.0 Å². The molecule has 196 valence electrons. The highest BCUT2D eigenvalue weighted by atomic mass is 35.5. The fourth-order valence-electron chi connectivity index (χ4n) is 3.81. The molecule has 1 N–H and O–H groups in total. The molecular formula is C24H29Cl2N3O6S. The highest BCUT2D eigenvalue weighted by molar-refractivity contribution is 7.92. The summed E-state index contributed by atoms with van der Waals surface area (Å²) in [7, 11) is -3.86. The van der Waals surface area contributed by atoms with Gasteiger partial charge in [0.1, 0.15) is 12.6 Å². The largest absolute Gasteiger partial charge is 0.454 e. The van der Waals surface area contributed by atoms with Crippen molar-refractivity contribution in [2.45, 2.75) is 39.8 Å². The number of carbonyl (C=O) groups is 2. The summed E-state index contributed by atoms with van der Waals surface area (Å²) < 4.78 is 37.8. The first kappa shape index (κ1) is 27.9. The number of ether oxygens (including phenoxy) is 2. The lowest BCUT2D eigenvalue weighted by Gasteiger charge is -2.33. The van der Waals surface area contributed by atoms with Gasteiger partial charge in [-0.3, -0.25) is 13.9 Å². The number of hydrogen-bond donors (Lipinski definition) is 1. The lowest BCUT2D eigenvalue weighted by Crippen LogP contribution is -2.52. The van der Waals surface area contributed by atoms with E-state index in [2.05, 4.69) is 5.32 Å². The molecule has 0 unspecified atom stereocenters. The van der Waals surface area contributed by atoms with Gasteiger partial charge in [0.15, 0.2) is 11.5 Å². The van der Waals surface area contributed by atoms with Gasteiger partial charge in [0, 0.05) is 29.2 Å². The lowest BCUT2D eigenvalue weighted by atomic mass is 10.1. The summed E-state index contributed by atoms with van der Waals surface area (Å²) in [4.78, 5) is 27.9. The molecular weight excluding hydrogens is 529 g/mol. The van der Waals surface area contributed by atoms with E-state index in [4.69, 9.17) is 32.7 Å². The van der Waals surface area contributed by atoms with Crippen molar-refractivity contribution in [2.24, 2.45) is 0 Å². The molecule has 0 spiro atoms. The Labute approximate surface area is 221 Å². The van der Waals surface area contributed by atoms with E-state index in [-0.39, 0.29) is 30.7 Å². The van der Waals surface area contributed by atoms with Crippen molar-refractivity contribution in [3.63, 3.8) is 0 Å². The molecule has 0 radical (unpaired) electrons. The van der Waals surface area contributed by atoms with E-state index in [1.54, 1.807) is 44.2 Å². The Morgan fingerprint density at radius 1 is 1.06 bits per heavy atom. The van der Waals surface area contributed by atoms with E-state index in [1.165, 1.54) is 17.9 Å². The SMILES string of the molecule is CCNC(=O)[C@H](CC)N(Cc1ccc(Cl)cc1Cl)C(=O)CN(c1ccc2c(c1)OCO2)S(=O)(=O)CC. The summed E-state index contributed by atoms with van der Waals surface area (Å²) in [5.74, 6) is -0.263. The molecule has 2 aromatic rings. The van der Waals surface area contributed by atoms with Crippen molar-refractivity contribution in [3.8, 4) is 11.5 Å². The number of fused-ring (bicyclic) bond motifs is 1. The molecule has 0 fully saturated rings. The number of sulfonamides is 1. The van der Waals surface area contributed by atoms with Crippen LogP contribution in [0.1, 0.15) is 32.8 Å². The predicted molar refractivity (Wildman–Crippen MR) is 139 cm³/mol. The van der Waals surface area contributed by atoms with Crippen LogP contribution >= 0.6 is 23.2 Å². The van der Waals surface area contributed by atoms with Crippen LogP contribution < -0.4 is 19.1 Å². The van der Waals surface area contributed by atoms with E-state index in [0.717, 1.165) is 4.31 Å². The monoisotopic (exact) mass is 557 g/mol. The smallest absolute Gasteiger partial charge is 0.244 e. The molecule has 0 bridgehead atoms. The van der Waals surface area contributed by atoms with Crippen molar-refractivity contribution < 1.29 is 27.5 Å². The molecule has 2 aromatic carbocycles. The Bertz CT molecular complexity index is 1220. The minimum atomic E-state index is -3.86. The number of likely N-dealkylation sites (N-methyl/N-ethyl adjacent to an activating group) is 1. The number of anilines is 1. The van der Waals surface area contributed by atoms with Gasteiger partial charge in [0.05, 0.1) is 11.4 Å². The summed E-state index contributed by atoms with van der Waals surface area (Å²) in [5.41, 5.74) is 0.829. The van der Waals surface area contributed by atoms with Gasteiger partial charge in [-0.2, -0.15) is 0 Å². The van der Waals surface area contributed by atoms with Crippen LogP contribution in [0.3, 0.4) is 0 Å². The van der Waals surface area contributed by atoms with Crippen LogP contribution in [-0.4, -0.2) is 56.8 Å². The van der Waals surface area contributed by atoms with E-state index >= 15 is 0 Å². The van der Waals surface area contributed by atoms with Crippen LogP contribution in [0.15, 0.2) is 36.4 Å². The molecule has 3 rings (SSSR count). The first-order chi connectivity index (χ1) is 17.1. The average Bonchev–Trinajstić information content (AvgIpc) is 3.31. The summed E-state index contributed by atoms with van der Waals surface area (Å²) in [6, 6.07) is 8.68. The maximum absolute atomic E-state index is 13.7. The van der Waals surface area contributed by atoms with Crippen molar-refractivity contribution in [2.75, 3.05) is 29.9 Å². The van der Waals surface area contributed by atoms with E-state index in [1.807, 2.05) is 0 Å². The molecule has 1 aliphatic rings. The van der Waals surface area contributed by atoms with E-state index < -0.39 is 28.5 Å². The number of amides is 2. The second-order valence-corrected chi connectivity index (χ2v) is 11.0. The zero-order valence-electron chi connectivity index (χ0n) is 20.3. The van der Waals surface area contributed by atoms with Gasteiger partial charge in [0.25, 0.3) is 0 Å². The average molecular weight is 558 g/mol. The maximum Gasteiger partial charge on any atom is 0.244 e. The Hall–Kier alpha value is -2.69. The number of nitrogens with one attached hydrogen (secondary N) is 1. The predicted octanol–water partition coefficient (Wildman–Crippen LogP) is 3.82. The number of benzene rings is 2. The molecule has 0 saturated carbocycles. The van der Waals surface area contributed by atoms with Crippen molar-refractivity contribution >= 4 is 50.7 Å². The zero-order chi connectivity index (χ0) is 26.5. The molecule has 2 amide bonds. The fraction of sp³-hybridized carbons (Fsp3) is 0.417. The third-order valence-electron chi connectivity index (χ3n) is 5.72. The van der Waals surface area contributed by atoms with Crippen LogP contribution in [-0.2, 0) is 26.2 Å². The molecule has 1 heterocycles. The minimum absolute atomic E-state index is 0.00831. The molecule has 0 saturated heterocycles. The van der Waals surface area contributed by atoms with E-state index in [0.29, 0.717) is 40.1 Å². The molecule has 1 aliphatic heterocycles. The Morgan fingerprint density at radius 3 is 2.42 bits per heavy atom. The quantitative estimate of drug-likeness (QED) is 0.450. The minimum Gasteiger partial charge on any atom is -0.454 e. The summed E-state index contributed by atoms with van der Waals surface area (Å²) >= 11 is 12.4. The third kappa shape index (κ3) is 6.35. The van der Waals surface area contributed by atoms with Crippen LogP contribution in [0.5, 0.6) is 11.5 Å². The summed E-state index contributed by atoms with van der Waals surface area (Å²) in [6.45, 7) is 4.94. The molecule has 9 nitrogen and oxygen atoms in total. The topological polar surface area (TPSA) is 105 Å². The number of rotatable bonds is 11. The Balaban J connectivity index is 1.99. The fourth-order valence-corrected chi connectivity index (χ4v) is 5.33. The molecule has 1 atom stereocenters. The second-order valence-electron chi connectivity index (χ2n) is 8.02. The van der Waals surface area contributed by atoms with Crippen LogP contribution in [0.4, 0.5) is 5.69 Å². The van der Waals surface area contributed by atoms with Gasteiger partial charge in [-0.15, -0.1) is 0 Å². The highest BCUT2D eigenvalue weighted by Gasteiger charge is 2.33.